The van der Waals surface area contributed by atoms with Gasteiger partial charge < -0.3 is 20.3 Å². The van der Waals surface area contributed by atoms with Crippen LogP contribution in [0.15, 0.2) is 4.99 Å². The molecular formula is C19H35N7O. The summed E-state index contributed by atoms with van der Waals surface area (Å²) >= 11 is 0. The first-order valence-corrected chi connectivity index (χ1v) is 10.5. The lowest BCUT2D eigenvalue weighted by molar-refractivity contribution is 0.177. The highest BCUT2D eigenvalue weighted by atomic mass is 16.5. The molecule has 0 amide bonds. The quantitative estimate of drug-likeness (QED) is 0.549. The third kappa shape index (κ3) is 6.17. The molecule has 0 saturated carbocycles. The van der Waals surface area contributed by atoms with E-state index >= 15 is 0 Å². The van der Waals surface area contributed by atoms with Gasteiger partial charge in [0.1, 0.15) is 12.4 Å². The van der Waals surface area contributed by atoms with E-state index in [2.05, 4.69) is 32.5 Å². The molecule has 8 heteroatoms. The van der Waals surface area contributed by atoms with Crippen LogP contribution in [0, 0.1) is 0 Å². The predicted molar refractivity (Wildman–Crippen MR) is 107 cm³/mol. The van der Waals surface area contributed by atoms with Gasteiger partial charge in [0.15, 0.2) is 11.8 Å². The third-order valence-corrected chi connectivity index (χ3v) is 5.25. The topological polar surface area (TPSA) is 79.6 Å². The molecule has 152 valence electrons. The summed E-state index contributed by atoms with van der Waals surface area (Å²) in [6, 6.07) is 0.325. The van der Waals surface area contributed by atoms with E-state index in [1.54, 1.807) is 7.11 Å². The van der Waals surface area contributed by atoms with Crippen molar-refractivity contribution < 1.29 is 4.74 Å². The molecule has 0 aliphatic carbocycles. The maximum absolute atomic E-state index is 5.14. The Bertz CT molecular complexity index is 593. The van der Waals surface area contributed by atoms with Crippen molar-refractivity contribution in [2.45, 2.75) is 64.6 Å². The second kappa shape index (κ2) is 10.6. The minimum atomic E-state index is 0.325. The van der Waals surface area contributed by atoms with E-state index in [1.807, 2.05) is 4.68 Å². The van der Waals surface area contributed by atoms with Crippen LogP contribution < -0.4 is 10.6 Å². The maximum atomic E-state index is 5.14. The molecule has 3 rings (SSSR count). The second-order valence-electron chi connectivity index (χ2n) is 7.46. The normalized spacial score (nSPS) is 21.6. The van der Waals surface area contributed by atoms with Crippen LogP contribution in [0.25, 0.3) is 0 Å². The highest BCUT2D eigenvalue weighted by Gasteiger charge is 2.22. The van der Waals surface area contributed by atoms with Crippen molar-refractivity contribution in [2.75, 3.05) is 39.8 Å². The van der Waals surface area contributed by atoms with E-state index < -0.39 is 0 Å². The predicted octanol–water partition coefficient (Wildman–Crippen LogP) is 1.17. The number of likely N-dealkylation sites (tertiary alicyclic amines) is 1. The smallest absolute Gasteiger partial charge is 0.191 e. The van der Waals surface area contributed by atoms with Crippen molar-refractivity contribution in [1.29, 1.82) is 0 Å². The number of hydrogen-bond donors (Lipinski definition) is 2. The number of methoxy groups -OCH3 is 1. The Labute approximate surface area is 162 Å². The van der Waals surface area contributed by atoms with Crippen molar-refractivity contribution in [2.24, 2.45) is 4.99 Å². The summed E-state index contributed by atoms with van der Waals surface area (Å²) < 4.78 is 7.15. The second-order valence-corrected chi connectivity index (χ2v) is 7.46. The van der Waals surface area contributed by atoms with E-state index in [4.69, 9.17) is 9.73 Å². The number of nitrogens with one attached hydrogen (secondary N) is 2. The minimum absolute atomic E-state index is 0.325. The van der Waals surface area contributed by atoms with Crippen LogP contribution in [-0.2, 0) is 24.3 Å². The van der Waals surface area contributed by atoms with Crippen LogP contribution in [-0.4, -0.2) is 71.5 Å². The van der Waals surface area contributed by atoms with Crippen LogP contribution >= 0.6 is 0 Å². The standard InChI is InChI=1S/C19H35N7O/c1-3-20-19(21-10-13-25-11-6-4-5-7-12-25)22-16-8-9-18-23-17(15-27-2)24-26(18)14-16/h16H,3-15H2,1-2H3,(H2,20,21,22). The lowest BCUT2D eigenvalue weighted by Crippen LogP contribution is -2.47. The van der Waals surface area contributed by atoms with Gasteiger partial charge in [-0.05, 0) is 39.3 Å². The maximum Gasteiger partial charge on any atom is 0.191 e. The van der Waals surface area contributed by atoms with Gasteiger partial charge in [0.2, 0.25) is 0 Å². The molecule has 1 aromatic rings. The monoisotopic (exact) mass is 377 g/mol. The van der Waals surface area contributed by atoms with E-state index in [0.29, 0.717) is 12.6 Å². The van der Waals surface area contributed by atoms with Gasteiger partial charge in [-0.15, -0.1) is 0 Å². The number of aliphatic imine (C=N–C) groups is 1. The van der Waals surface area contributed by atoms with Gasteiger partial charge in [0.05, 0.1) is 13.1 Å². The number of fused-ring (bicyclic) bond motifs is 1. The number of hydrogen-bond acceptors (Lipinski definition) is 5. The van der Waals surface area contributed by atoms with Gasteiger partial charge in [0.25, 0.3) is 0 Å². The SMILES string of the molecule is CCNC(=NCCN1CCCCCC1)NC1CCc2nc(COC)nn2C1. The minimum Gasteiger partial charge on any atom is -0.377 e. The van der Waals surface area contributed by atoms with Gasteiger partial charge >= 0.3 is 0 Å². The first kappa shape index (κ1) is 20.1. The molecule has 0 aromatic carbocycles. The number of guanidine groups is 1. The zero-order valence-electron chi connectivity index (χ0n) is 16.9. The van der Waals surface area contributed by atoms with Crippen LogP contribution in [0.2, 0.25) is 0 Å². The van der Waals surface area contributed by atoms with Crippen molar-refractivity contribution in [3.63, 3.8) is 0 Å². The van der Waals surface area contributed by atoms with Gasteiger partial charge in [0, 0.05) is 32.7 Å². The van der Waals surface area contributed by atoms with Crippen LogP contribution in [0.3, 0.4) is 0 Å². The number of ether oxygens (including phenoxy) is 1. The zero-order valence-corrected chi connectivity index (χ0v) is 16.9. The summed E-state index contributed by atoms with van der Waals surface area (Å²) in [5.74, 6) is 2.74. The number of rotatable bonds is 7. The van der Waals surface area contributed by atoms with E-state index in [0.717, 1.165) is 56.6 Å². The molecule has 1 saturated heterocycles. The van der Waals surface area contributed by atoms with Crippen LogP contribution in [0.1, 0.15) is 50.7 Å². The Morgan fingerprint density at radius 2 is 2.07 bits per heavy atom. The molecule has 27 heavy (non-hydrogen) atoms. The summed E-state index contributed by atoms with van der Waals surface area (Å²) in [4.78, 5) is 11.9. The van der Waals surface area contributed by atoms with Gasteiger partial charge in [-0.1, -0.05) is 12.8 Å². The molecule has 2 N–H and O–H groups in total. The fraction of sp³-hybridized carbons (Fsp3) is 0.842. The van der Waals surface area contributed by atoms with Gasteiger partial charge in [-0.25, -0.2) is 9.67 Å². The van der Waals surface area contributed by atoms with Crippen molar-refractivity contribution in [3.8, 4) is 0 Å². The Hall–Kier alpha value is -1.67. The largest absolute Gasteiger partial charge is 0.377 e. The molecule has 1 aromatic heterocycles. The highest BCUT2D eigenvalue weighted by molar-refractivity contribution is 5.80. The van der Waals surface area contributed by atoms with Gasteiger partial charge in [-0.2, -0.15) is 5.10 Å². The number of aromatic nitrogens is 3. The molecule has 3 heterocycles. The molecule has 1 fully saturated rings. The van der Waals surface area contributed by atoms with Crippen LogP contribution in [0.5, 0.6) is 0 Å². The molecule has 0 bridgehead atoms. The highest BCUT2D eigenvalue weighted by Crippen LogP contribution is 2.13. The summed E-state index contributed by atoms with van der Waals surface area (Å²) in [6.45, 7) is 8.61. The number of nitrogens with zero attached hydrogens (tertiary/aromatic N) is 5. The molecule has 1 atom stereocenters. The molecule has 2 aliphatic rings. The average molecular weight is 378 g/mol. The number of aryl methyl sites for hydroxylation is 1. The summed E-state index contributed by atoms with van der Waals surface area (Å²) in [5, 5.41) is 11.5. The Morgan fingerprint density at radius 1 is 1.26 bits per heavy atom. The third-order valence-electron chi connectivity index (χ3n) is 5.25. The fourth-order valence-corrected chi connectivity index (χ4v) is 3.85. The molecule has 0 radical (unpaired) electrons. The summed E-state index contributed by atoms with van der Waals surface area (Å²) in [7, 11) is 1.68. The zero-order chi connectivity index (χ0) is 18.9. The van der Waals surface area contributed by atoms with Crippen molar-refractivity contribution in [3.05, 3.63) is 11.6 Å². The average Bonchev–Trinajstić information content (AvgIpc) is 2.87. The molecule has 2 aliphatic heterocycles. The first-order chi connectivity index (χ1) is 13.3. The Kier molecular flexibility index (Phi) is 7.89. The molecular weight excluding hydrogens is 342 g/mol. The Morgan fingerprint density at radius 3 is 2.81 bits per heavy atom. The van der Waals surface area contributed by atoms with E-state index in [1.165, 1.54) is 38.8 Å². The first-order valence-electron chi connectivity index (χ1n) is 10.5. The lowest BCUT2D eigenvalue weighted by Gasteiger charge is -2.25. The van der Waals surface area contributed by atoms with Crippen molar-refractivity contribution >= 4 is 5.96 Å². The summed E-state index contributed by atoms with van der Waals surface area (Å²) in [6.07, 6.45) is 7.39. The van der Waals surface area contributed by atoms with Crippen LogP contribution in [0.4, 0.5) is 0 Å². The summed E-state index contributed by atoms with van der Waals surface area (Å²) in [5.41, 5.74) is 0. The van der Waals surface area contributed by atoms with Gasteiger partial charge in [-0.3, -0.25) is 4.99 Å². The molecule has 0 spiro atoms. The lowest BCUT2D eigenvalue weighted by atomic mass is 10.1. The van der Waals surface area contributed by atoms with E-state index in [-0.39, 0.29) is 0 Å². The Balaban J connectivity index is 1.50. The fourth-order valence-electron chi connectivity index (χ4n) is 3.85. The van der Waals surface area contributed by atoms with E-state index in [9.17, 15) is 0 Å². The molecule has 1 unspecified atom stereocenters. The van der Waals surface area contributed by atoms with Crippen molar-refractivity contribution in [1.82, 2.24) is 30.3 Å². The molecule has 8 nitrogen and oxygen atoms in total.